The molecule has 2 heterocycles. The Bertz CT molecular complexity index is 1270. The van der Waals surface area contributed by atoms with Crippen LogP contribution < -0.4 is 24.6 Å². The smallest absolute Gasteiger partial charge is 0.287 e. The van der Waals surface area contributed by atoms with Gasteiger partial charge >= 0.3 is 0 Å². The van der Waals surface area contributed by atoms with E-state index >= 15 is 0 Å². The normalized spacial score (nSPS) is 14.2. The first-order valence-electron chi connectivity index (χ1n) is 9.87. The first kappa shape index (κ1) is 22.3. The molecule has 1 aromatic heterocycles. The van der Waals surface area contributed by atoms with Crippen molar-refractivity contribution in [2.45, 2.75) is 0 Å². The van der Waals surface area contributed by atoms with Gasteiger partial charge in [-0.05, 0) is 35.9 Å². The standard InChI is InChI=1S/C23H18N4O7/c1-32-18-11-14(10-17-22(28)25-26(23(17)29)15-6-4-3-5-7-15)12-19(33-2)21(18)34-20-9-8-16(13-24-20)27(30)31/h3-13H,1-2H3,(H,25,28)/b17-10-. The molecule has 11 heteroatoms. The SMILES string of the molecule is COc1cc(/C=C2/C(=O)NN(c3ccccc3)C2=O)cc(OC)c1Oc1ccc([N+](=O)[O-])cn1. The Hall–Kier alpha value is -4.93. The average Bonchev–Trinajstić information content (AvgIpc) is 3.13. The number of carbonyl (C=O) groups excluding carboxylic acids is 2. The van der Waals surface area contributed by atoms with Gasteiger partial charge < -0.3 is 14.2 Å². The van der Waals surface area contributed by atoms with Crippen molar-refractivity contribution in [2.24, 2.45) is 0 Å². The molecule has 1 fully saturated rings. The molecule has 4 rings (SSSR count). The van der Waals surface area contributed by atoms with Gasteiger partial charge in [-0.15, -0.1) is 0 Å². The van der Waals surface area contributed by atoms with Crippen LogP contribution in [0.1, 0.15) is 5.56 Å². The van der Waals surface area contributed by atoms with E-state index in [-0.39, 0.29) is 34.4 Å². The Morgan fingerprint density at radius 1 is 1.03 bits per heavy atom. The third-order valence-corrected chi connectivity index (χ3v) is 4.84. The number of hydrazine groups is 1. The number of nitro groups is 1. The molecule has 0 aliphatic carbocycles. The summed E-state index contributed by atoms with van der Waals surface area (Å²) in [7, 11) is 2.82. The second-order valence-electron chi connectivity index (χ2n) is 6.94. The Morgan fingerprint density at radius 2 is 1.71 bits per heavy atom. The van der Waals surface area contributed by atoms with Crippen molar-refractivity contribution in [3.05, 3.63) is 82.0 Å². The van der Waals surface area contributed by atoms with Crippen molar-refractivity contribution in [1.82, 2.24) is 10.4 Å². The van der Waals surface area contributed by atoms with Crippen LogP contribution in [-0.2, 0) is 9.59 Å². The van der Waals surface area contributed by atoms with Crippen LogP contribution in [0.4, 0.5) is 11.4 Å². The number of aromatic nitrogens is 1. The summed E-state index contributed by atoms with van der Waals surface area (Å²) in [5.41, 5.74) is 3.26. The molecule has 3 aromatic rings. The average molecular weight is 462 g/mol. The third-order valence-electron chi connectivity index (χ3n) is 4.84. The molecule has 0 spiro atoms. The van der Waals surface area contributed by atoms with Crippen LogP contribution in [0, 0.1) is 10.1 Å². The van der Waals surface area contributed by atoms with Gasteiger partial charge in [0.2, 0.25) is 11.6 Å². The third kappa shape index (κ3) is 4.35. The molecule has 2 amide bonds. The minimum Gasteiger partial charge on any atom is -0.493 e. The van der Waals surface area contributed by atoms with Crippen LogP contribution in [0.25, 0.3) is 6.08 Å². The van der Waals surface area contributed by atoms with Crippen LogP contribution in [0.2, 0.25) is 0 Å². The van der Waals surface area contributed by atoms with E-state index in [2.05, 4.69) is 10.4 Å². The van der Waals surface area contributed by atoms with Crippen LogP contribution in [0.15, 0.2) is 66.4 Å². The van der Waals surface area contributed by atoms with Gasteiger partial charge in [0, 0.05) is 12.1 Å². The van der Waals surface area contributed by atoms with Gasteiger partial charge in [0.25, 0.3) is 17.5 Å². The van der Waals surface area contributed by atoms with E-state index in [9.17, 15) is 19.7 Å². The summed E-state index contributed by atoms with van der Waals surface area (Å²) in [4.78, 5) is 39.5. The highest BCUT2D eigenvalue weighted by atomic mass is 16.6. The minimum atomic E-state index is -0.570. The number of carbonyl (C=O) groups is 2. The molecule has 0 saturated carbocycles. The molecule has 34 heavy (non-hydrogen) atoms. The second kappa shape index (κ2) is 9.28. The quantitative estimate of drug-likeness (QED) is 0.245. The van der Waals surface area contributed by atoms with Crippen molar-refractivity contribution >= 4 is 29.3 Å². The number of nitrogens with one attached hydrogen (secondary N) is 1. The molecular formula is C23H18N4O7. The van der Waals surface area contributed by atoms with Crippen LogP contribution in [0.5, 0.6) is 23.1 Å². The molecule has 0 unspecified atom stereocenters. The van der Waals surface area contributed by atoms with Crippen LogP contribution in [0.3, 0.4) is 0 Å². The van der Waals surface area contributed by atoms with E-state index in [1.807, 2.05) is 0 Å². The molecule has 11 nitrogen and oxygen atoms in total. The van der Waals surface area contributed by atoms with Crippen molar-refractivity contribution in [1.29, 1.82) is 0 Å². The Morgan fingerprint density at radius 3 is 2.26 bits per heavy atom. The highest BCUT2D eigenvalue weighted by molar-refractivity contribution is 6.31. The largest absolute Gasteiger partial charge is 0.493 e. The lowest BCUT2D eigenvalue weighted by atomic mass is 10.1. The summed E-state index contributed by atoms with van der Waals surface area (Å²) in [6.45, 7) is 0. The highest BCUT2D eigenvalue weighted by Crippen LogP contribution is 2.41. The van der Waals surface area contributed by atoms with E-state index in [0.717, 1.165) is 6.20 Å². The predicted octanol–water partition coefficient (Wildman–Crippen LogP) is 3.26. The number of hydrogen-bond acceptors (Lipinski definition) is 8. The summed E-state index contributed by atoms with van der Waals surface area (Å²) < 4.78 is 16.6. The fourth-order valence-corrected chi connectivity index (χ4v) is 3.21. The molecule has 0 atom stereocenters. The molecule has 172 valence electrons. The maximum atomic E-state index is 12.8. The zero-order valence-corrected chi connectivity index (χ0v) is 18.1. The summed E-state index contributed by atoms with van der Waals surface area (Å²) in [6.07, 6.45) is 2.48. The fourth-order valence-electron chi connectivity index (χ4n) is 3.21. The van der Waals surface area contributed by atoms with Gasteiger partial charge in [0.15, 0.2) is 11.5 Å². The summed E-state index contributed by atoms with van der Waals surface area (Å²) in [6, 6.07) is 14.4. The Balaban J connectivity index is 1.66. The fraction of sp³-hybridized carbons (Fsp3) is 0.0870. The first-order valence-corrected chi connectivity index (χ1v) is 9.87. The summed E-state index contributed by atoms with van der Waals surface area (Å²) >= 11 is 0. The lowest BCUT2D eigenvalue weighted by Gasteiger charge is -2.15. The topological polar surface area (TPSA) is 133 Å². The van der Waals surface area contributed by atoms with E-state index < -0.39 is 16.7 Å². The zero-order valence-electron chi connectivity index (χ0n) is 18.1. The minimum absolute atomic E-state index is 0.0707. The Labute approximate surface area is 193 Å². The lowest BCUT2D eigenvalue weighted by molar-refractivity contribution is -0.385. The number of rotatable bonds is 7. The van der Waals surface area contributed by atoms with Crippen LogP contribution in [-0.4, -0.2) is 35.9 Å². The van der Waals surface area contributed by atoms with Crippen molar-refractivity contribution in [3.8, 4) is 23.1 Å². The van der Waals surface area contributed by atoms with Gasteiger partial charge in [-0.2, -0.15) is 0 Å². The van der Waals surface area contributed by atoms with Gasteiger partial charge in [-0.3, -0.25) is 25.1 Å². The van der Waals surface area contributed by atoms with E-state index in [4.69, 9.17) is 14.2 Å². The van der Waals surface area contributed by atoms with Crippen molar-refractivity contribution in [3.63, 3.8) is 0 Å². The summed E-state index contributed by atoms with van der Waals surface area (Å²) in [5.74, 6) is -0.347. The Kier molecular flexibility index (Phi) is 6.08. The van der Waals surface area contributed by atoms with Gasteiger partial charge in [0.1, 0.15) is 11.8 Å². The number of ether oxygens (including phenoxy) is 3. The van der Waals surface area contributed by atoms with Crippen LogP contribution >= 0.6 is 0 Å². The molecule has 1 aliphatic rings. The monoisotopic (exact) mass is 462 g/mol. The maximum Gasteiger partial charge on any atom is 0.287 e. The highest BCUT2D eigenvalue weighted by Gasteiger charge is 2.34. The number of para-hydroxylation sites is 1. The second-order valence-corrected chi connectivity index (χ2v) is 6.94. The molecule has 0 radical (unpaired) electrons. The number of hydrogen-bond donors (Lipinski definition) is 1. The zero-order chi connectivity index (χ0) is 24.2. The molecule has 1 saturated heterocycles. The van der Waals surface area contributed by atoms with Crippen molar-refractivity contribution < 1.29 is 28.7 Å². The van der Waals surface area contributed by atoms with Gasteiger partial charge in [0.05, 0.1) is 24.8 Å². The number of amides is 2. The van der Waals surface area contributed by atoms with Crippen molar-refractivity contribution in [2.75, 3.05) is 19.2 Å². The van der Waals surface area contributed by atoms with E-state index in [1.54, 1.807) is 42.5 Å². The van der Waals surface area contributed by atoms with E-state index in [0.29, 0.717) is 11.3 Å². The van der Waals surface area contributed by atoms with Gasteiger partial charge in [-0.25, -0.2) is 9.99 Å². The number of benzene rings is 2. The van der Waals surface area contributed by atoms with E-state index in [1.165, 1.54) is 37.4 Å². The molecule has 1 aliphatic heterocycles. The molecule has 1 N–H and O–H groups in total. The predicted molar refractivity (Wildman–Crippen MR) is 121 cm³/mol. The number of methoxy groups -OCH3 is 2. The number of anilines is 1. The molecular weight excluding hydrogens is 444 g/mol. The first-order chi connectivity index (χ1) is 16.4. The number of nitrogens with zero attached hydrogens (tertiary/aromatic N) is 3. The molecule has 2 aromatic carbocycles. The van der Waals surface area contributed by atoms with Gasteiger partial charge in [-0.1, -0.05) is 18.2 Å². The lowest BCUT2D eigenvalue weighted by Crippen LogP contribution is -2.35. The maximum absolute atomic E-state index is 12.8. The summed E-state index contributed by atoms with van der Waals surface area (Å²) in [5, 5.41) is 12.0. The molecule has 0 bridgehead atoms. The number of pyridine rings is 1.